The molecule has 0 amide bonds. The van der Waals surface area contributed by atoms with Crippen LogP contribution in [0.5, 0.6) is 0 Å². The number of para-hydroxylation sites is 2. The standard InChI is InChI=1S/C31H31N5/c1-4-24-22(3)26(19-32)30-33-28-11-7-8-12-29(28)36(30)31(24)35-17-15-34(16-18-35)20-27-21(2)13-14-23-9-5-6-10-25(23)27/h5-14H,4,15-18,20H2,1-3H3. The maximum absolute atomic E-state index is 10.0. The van der Waals surface area contributed by atoms with Gasteiger partial charge in [0.15, 0.2) is 5.65 Å². The molecule has 180 valence electrons. The molecular weight excluding hydrogens is 442 g/mol. The van der Waals surface area contributed by atoms with Gasteiger partial charge in [-0.2, -0.15) is 5.26 Å². The minimum atomic E-state index is 0.692. The third-order valence-corrected chi connectivity index (χ3v) is 7.89. The van der Waals surface area contributed by atoms with Crippen LogP contribution >= 0.6 is 0 Å². The van der Waals surface area contributed by atoms with E-state index < -0.39 is 0 Å². The Kier molecular flexibility index (Phi) is 5.62. The first-order valence-electron chi connectivity index (χ1n) is 12.9. The van der Waals surface area contributed by atoms with Crippen LogP contribution in [0.1, 0.15) is 34.7 Å². The summed E-state index contributed by atoms with van der Waals surface area (Å²) in [6.45, 7) is 11.4. The lowest BCUT2D eigenvalue weighted by molar-refractivity contribution is 0.249. The molecular formula is C31H31N5. The molecule has 0 unspecified atom stereocenters. The van der Waals surface area contributed by atoms with Gasteiger partial charge in [-0.05, 0) is 65.4 Å². The zero-order chi connectivity index (χ0) is 24.8. The summed E-state index contributed by atoms with van der Waals surface area (Å²) < 4.78 is 2.24. The molecule has 0 aliphatic carbocycles. The first kappa shape index (κ1) is 22.6. The third kappa shape index (κ3) is 3.53. The Morgan fingerprint density at radius 3 is 2.42 bits per heavy atom. The number of rotatable bonds is 4. The minimum Gasteiger partial charge on any atom is -0.355 e. The summed E-state index contributed by atoms with van der Waals surface area (Å²) in [4.78, 5) is 9.98. The second kappa shape index (κ2) is 8.96. The van der Waals surface area contributed by atoms with Crippen molar-refractivity contribution in [2.24, 2.45) is 0 Å². The Morgan fingerprint density at radius 1 is 0.889 bits per heavy atom. The van der Waals surface area contributed by atoms with Gasteiger partial charge in [0.1, 0.15) is 11.9 Å². The number of nitrogens with zero attached hydrogens (tertiary/aromatic N) is 5. The molecule has 1 saturated heterocycles. The lowest BCUT2D eigenvalue weighted by Gasteiger charge is -2.38. The molecule has 0 spiro atoms. The van der Waals surface area contributed by atoms with Gasteiger partial charge in [-0.15, -0.1) is 0 Å². The number of imidazole rings is 1. The number of pyridine rings is 1. The second-order valence-corrected chi connectivity index (χ2v) is 9.87. The van der Waals surface area contributed by atoms with E-state index in [-0.39, 0.29) is 0 Å². The molecule has 5 heteroatoms. The number of benzene rings is 3. The van der Waals surface area contributed by atoms with E-state index in [2.05, 4.69) is 89.6 Å². The fraction of sp³-hybridized carbons (Fsp3) is 0.290. The first-order valence-corrected chi connectivity index (χ1v) is 12.9. The summed E-state index contributed by atoms with van der Waals surface area (Å²) in [6, 6.07) is 23.9. The van der Waals surface area contributed by atoms with Gasteiger partial charge in [0.25, 0.3) is 0 Å². The van der Waals surface area contributed by atoms with Gasteiger partial charge >= 0.3 is 0 Å². The average Bonchev–Trinajstić information content (AvgIpc) is 3.29. The van der Waals surface area contributed by atoms with E-state index >= 15 is 0 Å². The van der Waals surface area contributed by atoms with Crippen molar-refractivity contribution >= 4 is 33.3 Å². The molecule has 5 nitrogen and oxygen atoms in total. The molecule has 0 atom stereocenters. The predicted molar refractivity (Wildman–Crippen MR) is 148 cm³/mol. The van der Waals surface area contributed by atoms with Gasteiger partial charge < -0.3 is 4.90 Å². The highest BCUT2D eigenvalue weighted by Gasteiger charge is 2.26. The van der Waals surface area contributed by atoms with E-state index in [1.54, 1.807) is 0 Å². The molecule has 0 radical (unpaired) electrons. The molecule has 3 aromatic carbocycles. The predicted octanol–water partition coefficient (Wildman–Crippen LogP) is 6.01. The van der Waals surface area contributed by atoms with Gasteiger partial charge in [0.2, 0.25) is 0 Å². The van der Waals surface area contributed by atoms with Crippen molar-refractivity contribution < 1.29 is 0 Å². The van der Waals surface area contributed by atoms with Crippen LogP contribution in [0, 0.1) is 25.2 Å². The van der Waals surface area contributed by atoms with E-state index in [4.69, 9.17) is 4.98 Å². The Morgan fingerprint density at radius 2 is 1.64 bits per heavy atom. The Bertz CT molecular complexity index is 1650. The van der Waals surface area contributed by atoms with Crippen molar-refractivity contribution in [1.82, 2.24) is 14.3 Å². The minimum absolute atomic E-state index is 0.692. The van der Waals surface area contributed by atoms with Crippen LogP contribution in [-0.4, -0.2) is 40.5 Å². The molecule has 0 bridgehead atoms. The van der Waals surface area contributed by atoms with Gasteiger partial charge in [0.05, 0.1) is 16.6 Å². The quantitative estimate of drug-likeness (QED) is 0.321. The highest BCUT2D eigenvalue weighted by atomic mass is 15.3. The van der Waals surface area contributed by atoms with Crippen molar-refractivity contribution in [1.29, 1.82) is 5.26 Å². The number of fused-ring (bicyclic) bond motifs is 4. The molecule has 36 heavy (non-hydrogen) atoms. The normalized spacial score (nSPS) is 14.7. The van der Waals surface area contributed by atoms with Crippen LogP contribution in [-0.2, 0) is 13.0 Å². The number of aromatic nitrogens is 2. The van der Waals surface area contributed by atoms with Gasteiger partial charge in [-0.3, -0.25) is 9.30 Å². The van der Waals surface area contributed by atoms with Crippen LogP contribution < -0.4 is 4.90 Å². The average molecular weight is 474 g/mol. The van der Waals surface area contributed by atoms with Crippen molar-refractivity contribution in [3.05, 3.63) is 88.5 Å². The van der Waals surface area contributed by atoms with Crippen LogP contribution in [0.15, 0.2) is 60.7 Å². The zero-order valence-electron chi connectivity index (χ0n) is 21.3. The van der Waals surface area contributed by atoms with Gasteiger partial charge in [0, 0.05) is 32.7 Å². The van der Waals surface area contributed by atoms with E-state index in [1.165, 1.54) is 33.3 Å². The molecule has 1 aliphatic rings. The molecule has 0 saturated carbocycles. The third-order valence-electron chi connectivity index (χ3n) is 7.89. The monoisotopic (exact) mass is 473 g/mol. The molecule has 3 heterocycles. The lowest BCUT2D eigenvalue weighted by atomic mass is 9.99. The van der Waals surface area contributed by atoms with Crippen LogP contribution in [0.3, 0.4) is 0 Å². The van der Waals surface area contributed by atoms with Crippen molar-refractivity contribution in [3.8, 4) is 6.07 Å². The summed E-state index contributed by atoms with van der Waals surface area (Å²) >= 11 is 0. The fourth-order valence-corrected chi connectivity index (χ4v) is 5.91. The number of nitriles is 1. The largest absolute Gasteiger partial charge is 0.355 e. The maximum Gasteiger partial charge on any atom is 0.157 e. The second-order valence-electron chi connectivity index (χ2n) is 9.87. The van der Waals surface area contributed by atoms with E-state index in [1.807, 2.05) is 12.1 Å². The van der Waals surface area contributed by atoms with E-state index in [0.29, 0.717) is 5.56 Å². The lowest BCUT2D eigenvalue weighted by Crippen LogP contribution is -2.47. The molecule has 6 rings (SSSR count). The number of hydrogen-bond acceptors (Lipinski definition) is 4. The molecule has 1 fully saturated rings. The summed E-state index contributed by atoms with van der Waals surface area (Å²) in [7, 11) is 0. The van der Waals surface area contributed by atoms with Crippen LogP contribution in [0.25, 0.3) is 27.5 Å². The summed E-state index contributed by atoms with van der Waals surface area (Å²) in [6.07, 6.45) is 0.883. The molecule has 5 aromatic rings. The Labute approximate surface area is 212 Å². The SMILES string of the molecule is CCc1c(C)c(C#N)c2nc3ccccc3n2c1N1CCN(Cc2c(C)ccc3ccccc23)CC1. The van der Waals surface area contributed by atoms with Crippen LogP contribution in [0.4, 0.5) is 5.82 Å². The summed E-state index contributed by atoms with van der Waals surface area (Å²) in [5.74, 6) is 1.21. The summed E-state index contributed by atoms with van der Waals surface area (Å²) in [5, 5.41) is 12.7. The maximum atomic E-state index is 10.0. The highest BCUT2D eigenvalue weighted by molar-refractivity contribution is 5.87. The zero-order valence-corrected chi connectivity index (χ0v) is 21.3. The Balaban J connectivity index is 1.37. The van der Waals surface area contributed by atoms with Gasteiger partial charge in [-0.1, -0.05) is 55.5 Å². The number of anilines is 1. The molecule has 1 aliphatic heterocycles. The van der Waals surface area contributed by atoms with Gasteiger partial charge in [-0.25, -0.2) is 4.98 Å². The molecule has 2 aromatic heterocycles. The van der Waals surface area contributed by atoms with E-state index in [0.717, 1.165) is 61.4 Å². The van der Waals surface area contributed by atoms with Crippen LogP contribution in [0.2, 0.25) is 0 Å². The van der Waals surface area contributed by atoms with Crippen molar-refractivity contribution in [2.45, 2.75) is 33.7 Å². The summed E-state index contributed by atoms with van der Waals surface area (Å²) in [5.41, 5.74) is 8.59. The number of aryl methyl sites for hydroxylation is 1. The highest BCUT2D eigenvalue weighted by Crippen LogP contribution is 2.34. The first-order chi connectivity index (χ1) is 17.6. The Hall–Kier alpha value is -3.88. The van der Waals surface area contributed by atoms with Crippen molar-refractivity contribution in [3.63, 3.8) is 0 Å². The fourth-order valence-electron chi connectivity index (χ4n) is 5.91. The van der Waals surface area contributed by atoms with E-state index in [9.17, 15) is 5.26 Å². The smallest absolute Gasteiger partial charge is 0.157 e. The topological polar surface area (TPSA) is 47.6 Å². The number of piperazine rings is 1. The van der Waals surface area contributed by atoms with Crippen molar-refractivity contribution in [2.75, 3.05) is 31.1 Å². The molecule has 0 N–H and O–H groups in total. The number of hydrogen-bond donors (Lipinski definition) is 0.